The maximum absolute atomic E-state index is 5.47. The Morgan fingerprint density at radius 2 is 1.89 bits per heavy atom. The van der Waals surface area contributed by atoms with Crippen LogP contribution in [0.2, 0.25) is 0 Å². The summed E-state index contributed by atoms with van der Waals surface area (Å²) < 4.78 is 5.47. The van der Waals surface area contributed by atoms with Gasteiger partial charge in [-0.05, 0) is 54.5 Å². The SMILES string of the molecule is COc1ccc(C2(C)CCNCC2)cc1C(C)C. The minimum atomic E-state index is 0.321. The zero-order valence-electron chi connectivity index (χ0n) is 12.0. The van der Waals surface area contributed by atoms with Crippen LogP contribution in [-0.2, 0) is 5.41 Å². The third-order valence-electron chi connectivity index (χ3n) is 4.26. The van der Waals surface area contributed by atoms with Crippen LogP contribution in [0, 0.1) is 0 Å². The highest BCUT2D eigenvalue weighted by molar-refractivity contribution is 5.42. The quantitative estimate of drug-likeness (QED) is 0.883. The second kappa shape index (κ2) is 5.31. The van der Waals surface area contributed by atoms with E-state index in [0.717, 1.165) is 18.8 Å². The van der Waals surface area contributed by atoms with Crippen LogP contribution in [-0.4, -0.2) is 20.2 Å². The summed E-state index contributed by atoms with van der Waals surface area (Å²) in [4.78, 5) is 0. The molecule has 0 aromatic heterocycles. The molecule has 0 radical (unpaired) electrons. The van der Waals surface area contributed by atoms with Crippen LogP contribution in [0.4, 0.5) is 0 Å². The molecule has 1 saturated heterocycles. The lowest BCUT2D eigenvalue weighted by atomic mass is 9.74. The van der Waals surface area contributed by atoms with Crippen LogP contribution in [0.25, 0.3) is 0 Å². The van der Waals surface area contributed by atoms with Crippen LogP contribution < -0.4 is 10.1 Å². The highest BCUT2D eigenvalue weighted by Crippen LogP contribution is 2.37. The molecule has 1 heterocycles. The Kier molecular flexibility index (Phi) is 3.96. The van der Waals surface area contributed by atoms with Crippen molar-refractivity contribution >= 4 is 0 Å². The molecular weight excluding hydrogens is 222 g/mol. The minimum Gasteiger partial charge on any atom is -0.496 e. The molecular formula is C16H25NO. The van der Waals surface area contributed by atoms with Gasteiger partial charge in [0.1, 0.15) is 5.75 Å². The number of piperidine rings is 1. The zero-order valence-corrected chi connectivity index (χ0v) is 12.0. The molecule has 18 heavy (non-hydrogen) atoms. The van der Waals surface area contributed by atoms with Crippen molar-refractivity contribution in [2.75, 3.05) is 20.2 Å². The Labute approximate surface area is 111 Å². The van der Waals surface area contributed by atoms with E-state index in [1.807, 2.05) is 0 Å². The van der Waals surface area contributed by atoms with Crippen molar-refractivity contribution in [3.05, 3.63) is 29.3 Å². The molecule has 1 aliphatic heterocycles. The van der Waals surface area contributed by atoms with Gasteiger partial charge in [-0.2, -0.15) is 0 Å². The van der Waals surface area contributed by atoms with E-state index in [2.05, 4.69) is 44.3 Å². The Hall–Kier alpha value is -1.02. The van der Waals surface area contributed by atoms with Crippen LogP contribution in [0.1, 0.15) is 50.7 Å². The highest BCUT2D eigenvalue weighted by Gasteiger charge is 2.29. The summed E-state index contributed by atoms with van der Waals surface area (Å²) in [6.07, 6.45) is 2.44. The Balaban J connectivity index is 2.36. The Bertz CT molecular complexity index is 406. The average molecular weight is 247 g/mol. The largest absolute Gasteiger partial charge is 0.496 e. The third kappa shape index (κ3) is 2.54. The molecule has 2 nitrogen and oxygen atoms in total. The number of ether oxygens (including phenoxy) is 1. The fourth-order valence-corrected chi connectivity index (χ4v) is 2.83. The maximum Gasteiger partial charge on any atom is 0.122 e. The molecule has 0 bridgehead atoms. The third-order valence-corrected chi connectivity index (χ3v) is 4.26. The standard InChI is InChI=1S/C16H25NO/c1-12(2)14-11-13(5-6-15(14)18-4)16(3)7-9-17-10-8-16/h5-6,11-12,17H,7-10H2,1-4H3. The van der Waals surface area contributed by atoms with Crippen molar-refractivity contribution in [1.29, 1.82) is 0 Å². The summed E-state index contributed by atoms with van der Waals surface area (Å²) in [5, 5.41) is 3.44. The van der Waals surface area contributed by atoms with E-state index < -0.39 is 0 Å². The fraction of sp³-hybridized carbons (Fsp3) is 0.625. The number of hydrogen-bond donors (Lipinski definition) is 1. The molecule has 1 N–H and O–H groups in total. The lowest BCUT2D eigenvalue weighted by molar-refractivity contribution is 0.334. The van der Waals surface area contributed by atoms with Gasteiger partial charge in [-0.15, -0.1) is 0 Å². The first-order valence-electron chi connectivity index (χ1n) is 6.96. The summed E-state index contributed by atoms with van der Waals surface area (Å²) in [5.74, 6) is 1.52. The van der Waals surface area contributed by atoms with Crippen LogP contribution in [0.5, 0.6) is 5.75 Å². The smallest absolute Gasteiger partial charge is 0.122 e. The minimum absolute atomic E-state index is 0.321. The van der Waals surface area contributed by atoms with Gasteiger partial charge in [0.05, 0.1) is 7.11 Å². The number of hydrogen-bond acceptors (Lipinski definition) is 2. The van der Waals surface area contributed by atoms with E-state index in [1.54, 1.807) is 7.11 Å². The molecule has 0 saturated carbocycles. The van der Waals surface area contributed by atoms with Gasteiger partial charge < -0.3 is 10.1 Å². The van der Waals surface area contributed by atoms with Gasteiger partial charge in [0.15, 0.2) is 0 Å². The summed E-state index contributed by atoms with van der Waals surface area (Å²) >= 11 is 0. The molecule has 0 unspecified atom stereocenters. The monoisotopic (exact) mass is 247 g/mol. The summed E-state index contributed by atoms with van der Waals surface area (Å²) in [6.45, 7) is 9.09. The summed E-state index contributed by atoms with van der Waals surface area (Å²) in [7, 11) is 1.76. The maximum atomic E-state index is 5.47. The van der Waals surface area contributed by atoms with Gasteiger partial charge >= 0.3 is 0 Å². The molecule has 1 fully saturated rings. The summed E-state index contributed by atoms with van der Waals surface area (Å²) in [6, 6.07) is 6.74. The molecule has 2 rings (SSSR count). The fourth-order valence-electron chi connectivity index (χ4n) is 2.83. The number of rotatable bonds is 3. The van der Waals surface area contributed by atoms with Gasteiger partial charge in [-0.3, -0.25) is 0 Å². The van der Waals surface area contributed by atoms with E-state index in [1.165, 1.54) is 24.0 Å². The van der Waals surface area contributed by atoms with Gasteiger partial charge in [0, 0.05) is 0 Å². The number of methoxy groups -OCH3 is 1. The lowest BCUT2D eigenvalue weighted by Crippen LogP contribution is -2.37. The van der Waals surface area contributed by atoms with Crippen molar-refractivity contribution < 1.29 is 4.74 Å². The normalized spacial score (nSPS) is 18.9. The van der Waals surface area contributed by atoms with Gasteiger partial charge in [0.2, 0.25) is 0 Å². The Morgan fingerprint density at radius 1 is 1.22 bits per heavy atom. The van der Waals surface area contributed by atoms with Crippen molar-refractivity contribution in [3.8, 4) is 5.75 Å². The first kappa shape index (κ1) is 13.4. The molecule has 100 valence electrons. The van der Waals surface area contributed by atoms with Crippen LogP contribution in [0.3, 0.4) is 0 Å². The van der Waals surface area contributed by atoms with Crippen LogP contribution >= 0.6 is 0 Å². The Morgan fingerprint density at radius 3 is 2.44 bits per heavy atom. The molecule has 0 aliphatic carbocycles. The van der Waals surface area contributed by atoms with E-state index in [0.29, 0.717) is 11.3 Å². The second-order valence-electron chi connectivity index (χ2n) is 5.92. The van der Waals surface area contributed by atoms with Crippen LogP contribution in [0.15, 0.2) is 18.2 Å². The van der Waals surface area contributed by atoms with E-state index in [9.17, 15) is 0 Å². The van der Waals surface area contributed by atoms with Gasteiger partial charge in [-0.25, -0.2) is 0 Å². The number of benzene rings is 1. The summed E-state index contributed by atoms with van der Waals surface area (Å²) in [5.41, 5.74) is 3.12. The first-order chi connectivity index (χ1) is 8.57. The molecule has 0 amide bonds. The molecule has 1 aliphatic rings. The molecule has 1 aromatic carbocycles. The van der Waals surface area contributed by atoms with Crippen molar-refractivity contribution in [3.63, 3.8) is 0 Å². The second-order valence-corrected chi connectivity index (χ2v) is 5.92. The van der Waals surface area contributed by atoms with E-state index >= 15 is 0 Å². The van der Waals surface area contributed by atoms with Gasteiger partial charge in [-0.1, -0.05) is 32.9 Å². The number of nitrogens with one attached hydrogen (secondary N) is 1. The predicted molar refractivity (Wildman–Crippen MR) is 76.5 cm³/mol. The van der Waals surface area contributed by atoms with Crippen molar-refractivity contribution in [2.45, 2.75) is 44.9 Å². The molecule has 0 atom stereocenters. The predicted octanol–water partition coefficient (Wildman–Crippen LogP) is 3.46. The zero-order chi connectivity index (χ0) is 13.2. The van der Waals surface area contributed by atoms with Crippen molar-refractivity contribution in [1.82, 2.24) is 5.32 Å². The van der Waals surface area contributed by atoms with E-state index in [4.69, 9.17) is 4.74 Å². The van der Waals surface area contributed by atoms with E-state index in [-0.39, 0.29) is 0 Å². The highest BCUT2D eigenvalue weighted by atomic mass is 16.5. The first-order valence-corrected chi connectivity index (χ1v) is 6.96. The molecule has 0 spiro atoms. The van der Waals surface area contributed by atoms with Crippen molar-refractivity contribution in [2.24, 2.45) is 0 Å². The molecule has 2 heteroatoms. The van der Waals surface area contributed by atoms with Gasteiger partial charge in [0.25, 0.3) is 0 Å². The topological polar surface area (TPSA) is 21.3 Å². The average Bonchev–Trinajstić information content (AvgIpc) is 2.38. The molecule has 1 aromatic rings. The lowest BCUT2D eigenvalue weighted by Gasteiger charge is -2.35.